The predicted molar refractivity (Wildman–Crippen MR) is 110 cm³/mol. The second kappa shape index (κ2) is 6.33. The van der Waals surface area contributed by atoms with Crippen LogP contribution in [0.4, 0.5) is 0 Å². The van der Waals surface area contributed by atoms with Gasteiger partial charge in [-0.3, -0.25) is 0 Å². The normalized spacial score (nSPS) is 20.8. The van der Waals surface area contributed by atoms with Crippen molar-refractivity contribution < 1.29 is 0 Å². The molecule has 1 unspecified atom stereocenters. The molecule has 0 amide bonds. The maximum Gasteiger partial charge on any atom is 0.00309 e. The maximum absolute atomic E-state index is 2.51. The Morgan fingerprint density at radius 3 is 1.48 bits per heavy atom. The van der Waals surface area contributed by atoms with E-state index < -0.39 is 0 Å². The van der Waals surface area contributed by atoms with Gasteiger partial charge in [0.05, 0.1) is 0 Å². The van der Waals surface area contributed by atoms with Gasteiger partial charge in [0.2, 0.25) is 0 Å². The van der Waals surface area contributed by atoms with Gasteiger partial charge >= 0.3 is 0 Å². The largest absolute Gasteiger partial charge is 0.0947 e. The summed E-state index contributed by atoms with van der Waals surface area (Å²) in [5.41, 5.74) is 3.74. The summed E-state index contributed by atoms with van der Waals surface area (Å²) in [4.78, 5) is 0. The molecule has 0 radical (unpaired) electrons. The van der Waals surface area contributed by atoms with Crippen LogP contribution >= 0.6 is 7.92 Å². The van der Waals surface area contributed by atoms with Crippen LogP contribution < -0.4 is 0 Å². The summed E-state index contributed by atoms with van der Waals surface area (Å²) in [6, 6.07) is 0. The van der Waals surface area contributed by atoms with Gasteiger partial charge < -0.3 is 0 Å². The van der Waals surface area contributed by atoms with Crippen molar-refractivity contribution in [1.29, 1.82) is 0 Å². The third-order valence-electron chi connectivity index (χ3n) is 4.77. The molecule has 1 atom stereocenters. The van der Waals surface area contributed by atoms with Crippen molar-refractivity contribution >= 4 is 7.92 Å². The Morgan fingerprint density at radius 1 is 0.739 bits per heavy atom. The molecular weight excluding hydrogens is 295 g/mol. The summed E-state index contributed by atoms with van der Waals surface area (Å²) >= 11 is 0. The topological polar surface area (TPSA) is 0 Å². The van der Waals surface area contributed by atoms with Gasteiger partial charge in [-0.25, -0.2) is 0 Å². The summed E-state index contributed by atoms with van der Waals surface area (Å²) in [7, 11) is -0.0679. The van der Waals surface area contributed by atoms with Gasteiger partial charge in [0.25, 0.3) is 0 Å². The van der Waals surface area contributed by atoms with E-state index in [-0.39, 0.29) is 18.8 Å². The van der Waals surface area contributed by atoms with E-state index in [0.29, 0.717) is 16.2 Å². The number of hydrogen-bond acceptors (Lipinski definition) is 0. The molecule has 23 heavy (non-hydrogen) atoms. The highest BCUT2D eigenvalue weighted by Crippen LogP contribution is 2.62. The number of rotatable bonds is 2. The van der Waals surface area contributed by atoms with Crippen molar-refractivity contribution in [3.8, 4) is 0 Å². The van der Waals surface area contributed by atoms with Gasteiger partial charge in [0.1, 0.15) is 0 Å². The van der Waals surface area contributed by atoms with Crippen LogP contribution in [-0.2, 0) is 0 Å². The maximum atomic E-state index is 2.51. The zero-order valence-corrected chi connectivity index (χ0v) is 18.8. The molecule has 0 bridgehead atoms. The van der Waals surface area contributed by atoms with Crippen LogP contribution in [0.1, 0.15) is 83.1 Å². The third kappa shape index (κ3) is 5.19. The minimum Gasteiger partial charge on any atom is -0.0947 e. The minimum absolute atomic E-state index is 0.0679. The second-order valence-electron chi connectivity index (χ2n) is 11.2. The zero-order valence-electron chi connectivity index (χ0n) is 17.9. The highest BCUT2D eigenvalue weighted by Gasteiger charge is 2.40. The summed E-state index contributed by atoms with van der Waals surface area (Å²) in [6.07, 6.45) is 6.27. The molecule has 0 spiro atoms. The molecule has 1 heteroatoms. The first kappa shape index (κ1) is 21.0. The van der Waals surface area contributed by atoms with Gasteiger partial charge in [0, 0.05) is 5.92 Å². The van der Waals surface area contributed by atoms with Gasteiger partial charge in [-0.05, 0) is 32.9 Å². The Hall–Kier alpha value is -0.0900. The Balaban J connectivity index is 3.28. The monoisotopic (exact) mass is 336 g/mol. The van der Waals surface area contributed by atoms with E-state index in [4.69, 9.17) is 0 Å². The van der Waals surface area contributed by atoms with Crippen LogP contribution in [0.25, 0.3) is 0 Å². The van der Waals surface area contributed by atoms with Crippen molar-refractivity contribution in [2.45, 2.75) is 93.4 Å². The first-order valence-corrected chi connectivity index (χ1v) is 10.7. The molecule has 0 heterocycles. The second-order valence-corrected chi connectivity index (χ2v) is 15.1. The molecule has 1 aliphatic rings. The lowest BCUT2D eigenvalue weighted by Crippen LogP contribution is -2.30. The molecule has 0 fully saturated rings. The molecule has 0 aliphatic heterocycles. The average molecular weight is 337 g/mol. The molecule has 1 rings (SSSR count). The first-order valence-electron chi connectivity index (χ1n) is 9.17. The zero-order chi connectivity index (χ0) is 18.4. The SMILES string of the molecule is CC(C)(C)C1=C(C(C)(C)C)C(CP(C(C)(C)C)C(C)(C)C)C=C1. The van der Waals surface area contributed by atoms with Crippen molar-refractivity contribution in [3.63, 3.8) is 0 Å². The van der Waals surface area contributed by atoms with Gasteiger partial charge in [-0.15, -0.1) is 0 Å². The van der Waals surface area contributed by atoms with E-state index in [1.165, 1.54) is 6.16 Å². The fourth-order valence-corrected chi connectivity index (χ4v) is 7.92. The van der Waals surface area contributed by atoms with Crippen LogP contribution in [-0.4, -0.2) is 16.5 Å². The van der Waals surface area contributed by atoms with E-state index in [0.717, 1.165) is 0 Å². The molecule has 0 aromatic heterocycles. The molecule has 0 nitrogen and oxygen atoms in total. The summed E-state index contributed by atoms with van der Waals surface area (Å²) in [5, 5.41) is 0.795. The predicted octanol–water partition coefficient (Wildman–Crippen LogP) is 7.64. The Kier molecular flexibility index (Phi) is 5.76. The van der Waals surface area contributed by atoms with E-state index in [1.807, 2.05) is 0 Å². The quantitative estimate of drug-likeness (QED) is 0.454. The third-order valence-corrected chi connectivity index (χ3v) is 8.77. The van der Waals surface area contributed by atoms with E-state index in [1.54, 1.807) is 11.1 Å². The Bertz CT molecular complexity index is 464. The average Bonchev–Trinajstić information content (AvgIpc) is 2.64. The fourth-order valence-electron chi connectivity index (χ4n) is 4.12. The number of allylic oxidation sites excluding steroid dienone is 4. The minimum atomic E-state index is -0.0679. The summed E-state index contributed by atoms with van der Waals surface area (Å²) in [5.74, 6) is 0.619. The molecule has 0 saturated carbocycles. The highest BCUT2D eigenvalue weighted by atomic mass is 31.1. The molecule has 0 N–H and O–H groups in total. The molecule has 134 valence electrons. The standard InChI is InChI=1S/C22H41P/c1-19(2,3)17-14-13-16(18(17)20(4,5)6)15-23(21(7,8)9)22(10,11)12/h13-14,16H,15H2,1-12H3. The van der Waals surface area contributed by atoms with Crippen LogP contribution in [0, 0.1) is 16.7 Å². The Morgan fingerprint density at radius 2 is 1.17 bits per heavy atom. The lowest BCUT2D eigenvalue weighted by atomic mass is 9.74. The summed E-state index contributed by atoms with van der Waals surface area (Å²) in [6.45, 7) is 28.9. The van der Waals surface area contributed by atoms with Crippen LogP contribution in [0.2, 0.25) is 0 Å². The van der Waals surface area contributed by atoms with Crippen LogP contribution in [0.15, 0.2) is 23.3 Å². The molecule has 0 aromatic carbocycles. The van der Waals surface area contributed by atoms with Crippen molar-refractivity contribution in [2.75, 3.05) is 6.16 Å². The molecule has 0 aromatic rings. The van der Waals surface area contributed by atoms with Gasteiger partial charge in [0.15, 0.2) is 0 Å². The van der Waals surface area contributed by atoms with Crippen LogP contribution in [0.5, 0.6) is 0 Å². The van der Waals surface area contributed by atoms with E-state index in [9.17, 15) is 0 Å². The van der Waals surface area contributed by atoms with Gasteiger partial charge in [-0.1, -0.05) is 109 Å². The highest BCUT2D eigenvalue weighted by molar-refractivity contribution is 7.60. The smallest absolute Gasteiger partial charge is 0.00309 e. The molecular formula is C22H41P. The molecule has 1 aliphatic carbocycles. The lowest BCUT2D eigenvalue weighted by Gasteiger charge is -2.44. The summed E-state index contributed by atoms with van der Waals surface area (Å²) < 4.78 is 0. The van der Waals surface area contributed by atoms with Gasteiger partial charge in [-0.2, -0.15) is 0 Å². The molecule has 0 saturated heterocycles. The van der Waals surface area contributed by atoms with Crippen molar-refractivity contribution in [2.24, 2.45) is 16.7 Å². The fraction of sp³-hybridized carbons (Fsp3) is 0.818. The van der Waals surface area contributed by atoms with Crippen molar-refractivity contribution in [1.82, 2.24) is 0 Å². The number of hydrogen-bond donors (Lipinski definition) is 0. The van der Waals surface area contributed by atoms with E-state index in [2.05, 4.69) is 95.2 Å². The lowest BCUT2D eigenvalue weighted by molar-refractivity contribution is 0.431. The van der Waals surface area contributed by atoms with E-state index >= 15 is 0 Å². The Labute approximate surface area is 148 Å². The first-order chi connectivity index (χ1) is 9.95. The van der Waals surface area contributed by atoms with Crippen molar-refractivity contribution in [3.05, 3.63) is 23.3 Å². The van der Waals surface area contributed by atoms with Crippen LogP contribution in [0.3, 0.4) is 0 Å².